The third-order valence-corrected chi connectivity index (χ3v) is 4.22. The number of carbonyl (C=O) groups excluding carboxylic acids is 1. The summed E-state index contributed by atoms with van der Waals surface area (Å²) in [5.41, 5.74) is 1.66. The molecule has 2 aromatic carbocycles. The summed E-state index contributed by atoms with van der Waals surface area (Å²) in [5.74, 6) is 0.0600. The van der Waals surface area contributed by atoms with E-state index in [-0.39, 0.29) is 18.7 Å². The number of esters is 1. The molecule has 3 rings (SSSR count). The molecular weight excluding hydrogens is 336 g/mol. The number of rotatable bonds is 6. The summed E-state index contributed by atoms with van der Waals surface area (Å²) in [4.78, 5) is 11.1. The molecule has 1 heterocycles. The highest BCUT2D eigenvalue weighted by atomic mass is 16.8. The van der Waals surface area contributed by atoms with E-state index in [0.29, 0.717) is 6.61 Å². The SMILES string of the molecule is COc1ccc(C2(c3ccc(OC)cc3)OC[C@H](COC(C)=O)O2)cc1. The summed E-state index contributed by atoms with van der Waals surface area (Å²) < 4.78 is 27.9. The van der Waals surface area contributed by atoms with E-state index in [4.69, 9.17) is 23.7 Å². The smallest absolute Gasteiger partial charge is 0.302 e. The van der Waals surface area contributed by atoms with E-state index < -0.39 is 5.79 Å². The Morgan fingerprint density at radius 1 is 1.00 bits per heavy atom. The Morgan fingerprint density at radius 3 is 1.92 bits per heavy atom. The molecule has 0 aromatic heterocycles. The first-order chi connectivity index (χ1) is 12.6. The third-order valence-electron chi connectivity index (χ3n) is 4.22. The number of benzene rings is 2. The van der Waals surface area contributed by atoms with Gasteiger partial charge in [0.2, 0.25) is 5.79 Å². The van der Waals surface area contributed by atoms with Gasteiger partial charge >= 0.3 is 5.97 Å². The molecular formula is C20H22O6. The first kappa shape index (κ1) is 18.2. The number of hydrogen-bond donors (Lipinski definition) is 0. The molecule has 6 nitrogen and oxygen atoms in total. The van der Waals surface area contributed by atoms with Gasteiger partial charge in [0.25, 0.3) is 0 Å². The monoisotopic (exact) mass is 358 g/mol. The van der Waals surface area contributed by atoms with Gasteiger partial charge in [0.1, 0.15) is 24.2 Å². The lowest BCUT2D eigenvalue weighted by atomic mass is 9.97. The van der Waals surface area contributed by atoms with Crippen molar-refractivity contribution in [1.82, 2.24) is 0 Å². The van der Waals surface area contributed by atoms with E-state index in [0.717, 1.165) is 22.6 Å². The van der Waals surface area contributed by atoms with Crippen LogP contribution in [0.4, 0.5) is 0 Å². The molecule has 2 aromatic rings. The van der Waals surface area contributed by atoms with Crippen LogP contribution in [0.15, 0.2) is 48.5 Å². The maximum absolute atomic E-state index is 11.1. The van der Waals surface area contributed by atoms with Gasteiger partial charge in [-0.1, -0.05) is 0 Å². The van der Waals surface area contributed by atoms with E-state index in [9.17, 15) is 4.79 Å². The molecule has 0 radical (unpaired) electrons. The summed E-state index contributed by atoms with van der Waals surface area (Å²) in [6, 6.07) is 15.0. The fourth-order valence-electron chi connectivity index (χ4n) is 2.90. The van der Waals surface area contributed by atoms with Crippen LogP contribution in [-0.2, 0) is 24.8 Å². The van der Waals surface area contributed by atoms with Crippen molar-refractivity contribution in [1.29, 1.82) is 0 Å². The van der Waals surface area contributed by atoms with Gasteiger partial charge in [-0.05, 0) is 48.5 Å². The van der Waals surface area contributed by atoms with Crippen molar-refractivity contribution in [2.24, 2.45) is 0 Å². The molecule has 0 spiro atoms. The van der Waals surface area contributed by atoms with Crippen molar-refractivity contribution in [3.63, 3.8) is 0 Å². The van der Waals surface area contributed by atoms with Gasteiger partial charge in [0, 0.05) is 18.1 Å². The van der Waals surface area contributed by atoms with E-state index in [1.54, 1.807) is 14.2 Å². The molecule has 0 unspecified atom stereocenters. The van der Waals surface area contributed by atoms with Crippen molar-refractivity contribution in [2.45, 2.75) is 18.8 Å². The van der Waals surface area contributed by atoms with Crippen LogP contribution in [0.3, 0.4) is 0 Å². The fourth-order valence-corrected chi connectivity index (χ4v) is 2.90. The Labute approximate surface area is 152 Å². The normalized spacial score (nSPS) is 18.3. The number of hydrogen-bond acceptors (Lipinski definition) is 6. The topological polar surface area (TPSA) is 63.2 Å². The maximum Gasteiger partial charge on any atom is 0.302 e. The van der Waals surface area contributed by atoms with Crippen molar-refractivity contribution in [3.05, 3.63) is 59.7 Å². The molecule has 0 saturated carbocycles. The zero-order chi connectivity index (χ0) is 18.6. The fraction of sp³-hybridized carbons (Fsp3) is 0.350. The summed E-state index contributed by atoms with van der Waals surface area (Å²) >= 11 is 0. The molecule has 0 amide bonds. The van der Waals surface area contributed by atoms with Crippen LogP contribution in [0.25, 0.3) is 0 Å². The minimum Gasteiger partial charge on any atom is -0.497 e. The van der Waals surface area contributed by atoms with Crippen LogP contribution in [0, 0.1) is 0 Å². The minimum atomic E-state index is -1.08. The molecule has 1 aliphatic heterocycles. The quantitative estimate of drug-likeness (QED) is 0.740. The Hall–Kier alpha value is -2.57. The zero-order valence-electron chi connectivity index (χ0n) is 15.1. The standard InChI is InChI=1S/C20H22O6/c1-14(21)24-12-19-13-25-20(26-19,15-4-8-17(22-2)9-5-15)16-6-10-18(23-3)11-7-16/h4-11,19H,12-13H2,1-3H3/t19-/m0/s1. The van der Waals surface area contributed by atoms with Gasteiger partial charge in [0.05, 0.1) is 20.8 Å². The van der Waals surface area contributed by atoms with Crippen molar-refractivity contribution < 1.29 is 28.5 Å². The van der Waals surface area contributed by atoms with Crippen LogP contribution in [0.2, 0.25) is 0 Å². The van der Waals surface area contributed by atoms with Gasteiger partial charge in [-0.2, -0.15) is 0 Å². The zero-order valence-corrected chi connectivity index (χ0v) is 15.1. The van der Waals surface area contributed by atoms with Gasteiger partial charge < -0.3 is 23.7 Å². The number of ether oxygens (including phenoxy) is 5. The van der Waals surface area contributed by atoms with Crippen molar-refractivity contribution >= 4 is 5.97 Å². The van der Waals surface area contributed by atoms with Crippen molar-refractivity contribution in [3.8, 4) is 11.5 Å². The van der Waals surface area contributed by atoms with Crippen molar-refractivity contribution in [2.75, 3.05) is 27.4 Å². The predicted molar refractivity (Wildman–Crippen MR) is 94.2 cm³/mol. The largest absolute Gasteiger partial charge is 0.497 e. The molecule has 1 fully saturated rings. The Bertz CT molecular complexity index is 690. The Balaban J connectivity index is 1.94. The molecule has 0 N–H and O–H groups in total. The highest BCUT2D eigenvalue weighted by Crippen LogP contribution is 2.41. The first-order valence-electron chi connectivity index (χ1n) is 8.31. The van der Waals surface area contributed by atoms with Crippen LogP contribution in [-0.4, -0.2) is 39.5 Å². The lowest BCUT2D eigenvalue weighted by Crippen LogP contribution is -2.30. The first-order valence-corrected chi connectivity index (χ1v) is 8.31. The second-order valence-electron chi connectivity index (χ2n) is 5.93. The molecule has 1 saturated heterocycles. The summed E-state index contributed by atoms with van der Waals surface area (Å²) in [7, 11) is 3.23. The summed E-state index contributed by atoms with van der Waals surface area (Å²) in [5, 5.41) is 0. The lowest BCUT2D eigenvalue weighted by molar-refractivity contribution is -0.158. The average Bonchev–Trinajstić information content (AvgIpc) is 3.12. The van der Waals surface area contributed by atoms with Crippen LogP contribution < -0.4 is 9.47 Å². The van der Waals surface area contributed by atoms with E-state index in [1.807, 2.05) is 48.5 Å². The molecule has 1 aliphatic rings. The van der Waals surface area contributed by atoms with Gasteiger partial charge in [-0.15, -0.1) is 0 Å². The van der Waals surface area contributed by atoms with E-state index >= 15 is 0 Å². The van der Waals surface area contributed by atoms with Gasteiger partial charge in [0.15, 0.2) is 0 Å². The second kappa shape index (κ2) is 7.76. The second-order valence-corrected chi connectivity index (χ2v) is 5.93. The molecule has 1 atom stereocenters. The third kappa shape index (κ3) is 3.66. The molecule has 0 aliphatic carbocycles. The minimum absolute atomic E-state index is 0.142. The summed E-state index contributed by atoms with van der Waals surface area (Å²) in [6.07, 6.45) is -0.358. The average molecular weight is 358 g/mol. The Morgan fingerprint density at radius 2 is 1.50 bits per heavy atom. The Kier molecular flexibility index (Phi) is 5.44. The predicted octanol–water partition coefficient (Wildman–Crippen LogP) is 2.88. The lowest BCUT2D eigenvalue weighted by Gasteiger charge is -2.29. The van der Waals surface area contributed by atoms with Crippen LogP contribution in [0.1, 0.15) is 18.1 Å². The number of methoxy groups -OCH3 is 2. The molecule has 0 bridgehead atoms. The van der Waals surface area contributed by atoms with E-state index in [1.165, 1.54) is 6.92 Å². The number of carbonyl (C=O) groups is 1. The molecule has 26 heavy (non-hydrogen) atoms. The van der Waals surface area contributed by atoms with E-state index in [2.05, 4.69) is 0 Å². The maximum atomic E-state index is 11.1. The molecule has 138 valence electrons. The van der Waals surface area contributed by atoms with Gasteiger partial charge in [-0.25, -0.2) is 0 Å². The molecule has 6 heteroatoms. The van der Waals surface area contributed by atoms with Crippen LogP contribution >= 0.6 is 0 Å². The highest BCUT2D eigenvalue weighted by molar-refractivity contribution is 5.65. The van der Waals surface area contributed by atoms with Crippen LogP contribution in [0.5, 0.6) is 11.5 Å². The van der Waals surface area contributed by atoms with Gasteiger partial charge in [-0.3, -0.25) is 4.79 Å². The summed E-state index contributed by atoms with van der Waals surface area (Å²) in [6.45, 7) is 1.82. The highest BCUT2D eigenvalue weighted by Gasteiger charge is 2.45.